The fourth-order valence-corrected chi connectivity index (χ4v) is 4.78. The number of fused-ring (bicyclic) bond motifs is 1. The van der Waals surface area contributed by atoms with Crippen LogP contribution in [0, 0.1) is 0 Å². The van der Waals surface area contributed by atoms with Crippen molar-refractivity contribution < 1.29 is 9.53 Å². The molecule has 4 N–H and O–H groups in total. The van der Waals surface area contributed by atoms with E-state index in [4.69, 9.17) is 9.72 Å². The Morgan fingerprint density at radius 2 is 1.97 bits per heavy atom. The van der Waals surface area contributed by atoms with E-state index in [0.29, 0.717) is 34.4 Å². The molecular weight excluding hydrogens is 478 g/mol. The number of anilines is 4. The smallest absolute Gasteiger partial charge is 0.253 e. The molecule has 9 nitrogen and oxygen atoms in total. The second kappa shape index (κ2) is 11.4. The predicted octanol–water partition coefficient (Wildman–Crippen LogP) is 5.31. The molecule has 0 radical (unpaired) electrons. The van der Waals surface area contributed by atoms with Gasteiger partial charge in [0.15, 0.2) is 0 Å². The van der Waals surface area contributed by atoms with Crippen molar-refractivity contribution in [2.75, 3.05) is 44.4 Å². The summed E-state index contributed by atoms with van der Waals surface area (Å²) in [6.07, 6.45) is 6.35. The van der Waals surface area contributed by atoms with Gasteiger partial charge in [0.25, 0.3) is 5.91 Å². The van der Waals surface area contributed by atoms with E-state index in [9.17, 15) is 4.79 Å². The van der Waals surface area contributed by atoms with Gasteiger partial charge in [0.2, 0.25) is 5.95 Å². The van der Waals surface area contributed by atoms with Gasteiger partial charge in [-0.1, -0.05) is 31.2 Å². The zero-order valence-corrected chi connectivity index (χ0v) is 22.0. The number of carbonyl (C=O) groups is 1. The van der Waals surface area contributed by atoms with Gasteiger partial charge in [0, 0.05) is 26.3 Å². The van der Waals surface area contributed by atoms with Crippen molar-refractivity contribution >= 4 is 45.7 Å². The number of carbonyl (C=O) groups excluding carboxylic acids is 1. The molecule has 0 atom stereocenters. The lowest BCUT2D eigenvalue weighted by atomic mass is 10.00. The molecule has 0 bridgehead atoms. The standard InChI is InChI=1S/C29H33N7O2/c1-4-15-36-16-7-8-20(18-36)19-11-12-24(25(17-19)38-3)33-29-34-26-22(13-14-31-26)27(35-29)32-23-10-6-5-9-21(23)28(37)30-2/h5-6,8-14,17H,4,7,15-16,18H2,1-3H3,(H,30,37)(H3,31,32,33,34,35). The van der Waals surface area contributed by atoms with Gasteiger partial charge in [-0.25, -0.2) is 0 Å². The Balaban J connectivity index is 1.44. The normalized spacial score (nSPS) is 13.7. The molecule has 0 unspecified atom stereocenters. The second-order valence-corrected chi connectivity index (χ2v) is 9.22. The van der Waals surface area contributed by atoms with Gasteiger partial charge in [-0.05, 0) is 60.9 Å². The molecule has 2 aromatic heterocycles. The molecule has 1 aliphatic rings. The Kier molecular flexibility index (Phi) is 7.55. The SMILES string of the molecule is CCCN1CCC=C(c2ccc(Nc3nc(Nc4ccccc4C(=O)NC)c4cc[nH]c4n3)c(OC)c2)C1. The van der Waals surface area contributed by atoms with Crippen molar-refractivity contribution in [3.63, 3.8) is 0 Å². The van der Waals surface area contributed by atoms with Gasteiger partial charge in [-0.15, -0.1) is 0 Å². The number of aromatic nitrogens is 3. The predicted molar refractivity (Wildman–Crippen MR) is 153 cm³/mol. The largest absolute Gasteiger partial charge is 0.495 e. The zero-order valence-electron chi connectivity index (χ0n) is 22.0. The number of hydrogen-bond acceptors (Lipinski definition) is 7. The lowest BCUT2D eigenvalue weighted by Gasteiger charge is -2.27. The van der Waals surface area contributed by atoms with Crippen molar-refractivity contribution in [1.82, 2.24) is 25.2 Å². The monoisotopic (exact) mass is 511 g/mol. The first-order valence-electron chi connectivity index (χ1n) is 12.9. The Morgan fingerprint density at radius 1 is 1.11 bits per heavy atom. The number of amides is 1. The molecule has 0 saturated heterocycles. The summed E-state index contributed by atoms with van der Waals surface area (Å²) >= 11 is 0. The van der Waals surface area contributed by atoms with Crippen LogP contribution in [0.2, 0.25) is 0 Å². The van der Waals surface area contributed by atoms with Crippen LogP contribution in [0.3, 0.4) is 0 Å². The van der Waals surface area contributed by atoms with E-state index in [0.717, 1.165) is 49.1 Å². The first-order valence-corrected chi connectivity index (χ1v) is 12.9. The Bertz CT molecular complexity index is 1480. The highest BCUT2D eigenvalue weighted by Crippen LogP contribution is 2.33. The number of ether oxygens (including phenoxy) is 1. The molecule has 0 fully saturated rings. The van der Waals surface area contributed by atoms with E-state index in [1.54, 1.807) is 20.2 Å². The van der Waals surface area contributed by atoms with E-state index in [-0.39, 0.29) is 5.91 Å². The molecule has 1 amide bonds. The number of para-hydroxylation sites is 1. The van der Waals surface area contributed by atoms with Gasteiger partial charge in [-0.2, -0.15) is 9.97 Å². The van der Waals surface area contributed by atoms with Crippen LogP contribution < -0.4 is 20.7 Å². The highest BCUT2D eigenvalue weighted by molar-refractivity contribution is 6.01. The first kappa shape index (κ1) is 25.3. The van der Waals surface area contributed by atoms with E-state index in [1.807, 2.05) is 36.5 Å². The van der Waals surface area contributed by atoms with Crippen LogP contribution in [0.4, 0.5) is 23.1 Å². The maximum Gasteiger partial charge on any atom is 0.253 e. The third kappa shape index (κ3) is 5.33. The average Bonchev–Trinajstić information content (AvgIpc) is 3.42. The molecule has 0 aliphatic carbocycles. The molecule has 0 spiro atoms. The summed E-state index contributed by atoms with van der Waals surface area (Å²) in [5.74, 6) is 1.51. The topological polar surface area (TPSA) is 107 Å². The Labute approximate surface area is 222 Å². The first-order chi connectivity index (χ1) is 18.6. The van der Waals surface area contributed by atoms with E-state index < -0.39 is 0 Å². The number of rotatable bonds is 9. The molecule has 2 aromatic carbocycles. The molecular formula is C29H33N7O2. The maximum absolute atomic E-state index is 12.4. The van der Waals surface area contributed by atoms with Gasteiger partial charge in [-0.3, -0.25) is 9.69 Å². The summed E-state index contributed by atoms with van der Waals surface area (Å²) in [4.78, 5) is 27.4. The number of aromatic amines is 1. The fraction of sp³-hybridized carbons (Fsp3) is 0.276. The summed E-state index contributed by atoms with van der Waals surface area (Å²) in [5, 5.41) is 10.1. The number of hydrogen-bond donors (Lipinski definition) is 4. The van der Waals surface area contributed by atoms with Gasteiger partial charge in [0.05, 0.1) is 29.4 Å². The van der Waals surface area contributed by atoms with Crippen LogP contribution in [0.1, 0.15) is 35.7 Å². The van der Waals surface area contributed by atoms with Gasteiger partial charge in [0.1, 0.15) is 17.2 Å². The third-order valence-corrected chi connectivity index (χ3v) is 6.66. The molecule has 5 rings (SSSR count). The maximum atomic E-state index is 12.4. The van der Waals surface area contributed by atoms with Crippen molar-refractivity contribution in [3.05, 3.63) is 71.9 Å². The summed E-state index contributed by atoms with van der Waals surface area (Å²) in [7, 11) is 3.28. The van der Waals surface area contributed by atoms with Crippen LogP contribution in [-0.4, -0.2) is 59.6 Å². The molecule has 0 saturated carbocycles. The molecule has 4 aromatic rings. The Hall–Kier alpha value is -4.37. The van der Waals surface area contributed by atoms with Crippen LogP contribution in [0.25, 0.3) is 16.6 Å². The van der Waals surface area contributed by atoms with Crippen LogP contribution in [0.15, 0.2) is 60.8 Å². The van der Waals surface area contributed by atoms with Crippen LogP contribution in [-0.2, 0) is 0 Å². The van der Waals surface area contributed by atoms with Crippen molar-refractivity contribution in [3.8, 4) is 5.75 Å². The minimum atomic E-state index is -0.179. The summed E-state index contributed by atoms with van der Waals surface area (Å²) in [5.41, 5.74) is 5.08. The molecule has 3 heterocycles. The minimum Gasteiger partial charge on any atom is -0.495 e. The molecule has 38 heavy (non-hydrogen) atoms. The van der Waals surface area contributed by atoms with Crippen molar-refractivity contribution in [2.24, 2.45) is 0 Å². The zero-order chi connectivity index (χ0) is 26.5. The Morgan fingerprint density at radius 3 is 2.79 bits per heavy atom. The quantitative estimate of drug-likeness (QED) is 0.241. The number of benzene rings is 2. The van der Waals surface area contributed by atoms with Gasteiger partial charge < -0.3 is 25.7 Å². The third-order valence-electron chi connectivity index (χ3n) is 6.66. The summed E-state index contributed by atoms with van der Waals surface area (Å²) in [6.45, 7) is 5.38. The summed E-state index contributed by atoms with van der Waals surface area (Å²) in [6, 6.07) is 15.4. The van der Waals surface area contributed by atoms with Crippen molar-refractivity contribution in [2.45, 2.75) is 19.8 Å². The highest BCUT2D eigenvalue weighted by atomic mass is 16.5. The molecule has 1 aliphatic heterocycles. The number of nitrogens with zero attached hydrogens (tertiary/aromatic N) is 3. The number of nitrogens with one attached hydrogen (secondary N) is 4. The average molecular weight is 512 g/mol. The van der Waals surface area contributed by atoms with Crippen LogP contribution >= 0.6 is 0 Å². The van der Waals surface area contributed by atoms with E-state index in [1.165, 1.54) is 5.57 Å². The fourth-order valence-electron chi connectivity index (χ4n) is 4.78. The number of methoxy groups -OCH3 is 1. The lowest BCUT2D eigenvalue weighted by Crippen LogP contribution is -2.30. The van der Waals surface area contributed by atoms with E-state index in [2.05, 4.69) is 56.0 Å². The van der Waals surface area contributed by atoms with E-state index >= 15 is 0 Å². The number of H-pyrrole nitrogens is 1. The van der Waals surface area contributed by atoms with Crippen LogP contribution in [0.5, 0.6) is 5.75 Å². The van der Waals surface area contributed by atoms with Gasteiger partial charge >= 0.3 is 0 Å². The molecule has 196 valence electrons. The van der Waals surface area contributed by atoms with Crippen molar-refractivity contribution in [1.29, 1.82) is 0 Å². The second-order valence-electron chi connectivity index (χ2n) is 9.22. The highest BCUT2D eigenvalue weighted by Gasteiger charge is 2.17. The minimum absolute atomic E-state index is 0.179. The molecule has 9 heteroatoms. The lowest BCUT2D eigenvalue weighted by molar-refractivity contribution is 0.0964. The summed E-state index contributed by atoms with van der Waals surface area (Å²) < 4.78 is 5.75.